The molecule has 0 spiro atoms. The molecule has 0 aliphatic carbocycles. The molecule has 4 rings (SSSR count). The molecule has 1 unspecified atom stereocenters. The van der Waals surface area contributed by atoms with Gasteiger partial charge in [-0.1, -0.05) is 64.5 Å². The van der Waals surface area contributed by atoms with Gasteiger partial charge in [0.25, 0.3) is 0 Å². The molecule has 0 radical (unpaired) electrons. The molecule has 1 aromatic heterocycles. The van der Waals surface area contributed by atoms with Crippen molar-refractivity contribution in [2.45, 2.75) is 5.92 Å². The lowest BCUT2D eigenvalue weighted by Crippen LogP contribution is -2.03. The monoisotopic (exact) mass is 377 g/mol. The van der Waals surface area contributed by atoms with E-state index in [2.05, 4.69) is 45.2 Å². The quantitative estimate of drug-likeness (QED) is 0.463. The van der Waals surface area contributed by atoms with Crippen LogP contribution in [0.1, 0.15) is 22.6 Å². The van der Waals surface area contributed by atoms with Crippen molar-refractivity contribution in [3.8, 4) is 5.75 Å². The summed E-state index contributed by atoms with van der Waals surface area (Å²) in [5.74, 6) is 0.283. The Morgan fingerprint density at radius 2 is 1.58 bits per heavy atom. The van der Waals surface area contributed by atoms with Gasteiger partial charge in [-0.2, -0.15) is 0 Å². The number of halogens is 1. The van der Waals surface area contributed by atoms with Crippen molar-refractivity contribution < 1.29 is 5.11 Å². The molecule has 118 valence electrons. The van der Waals surface area contributed by atoms with Crippen molar-refractivity contribution in [1.82, 2.24) is 4.98 Å². The first kappa shape index (κ1) is 15.0. The van der Waals surface area contributed by atoms with Gasteiger partial charge in [-0.15, -0.1) is 0 Å². The van der Waals surface area contributed by atoms with Crippen molar-refractivity contribution in [2.75, 3.05) is 0 Å². The minimum Gasteiger partial charge on any atom is -0.508 e. The normalized spacial score (nSPS) is 12.4. The predicted octanol–water partition coefficient (Wildman–Crippen LogP) is 5.82. The number of aromatic nitrogens is 1. The van der Waals surface area contributed by atoms with Gasteiger partial charge in [-0.25, -0.2) is 0 Å². The van der Waals surface area contributed by atoms with E-state index in [4.69, 9.17) is 0 Å². The number of aromatic amines is 1. The van der Waals surface area contributed by atoms with E-state index < -0.39 is 0 Å². The summed E-state index contributed by atoms with van der Waals surface area (Å²) in [5.41, 5.74) is 4.30. The van der Waals surface area contributed by atoms with Crippen LogP contribution in [-0.4, -0.2) is 10.1 Å². The molecule has 2 N–H and O–H groups in total. The van der Waals surface area contributed by atoms with Gasteiger partial charge in [-0.05, 0) is 35.4 Å². The Bertz CT molecular complexity index is 991. The standard InChI is InChI=1S/C21H16BrNO/c22-15-10-11-19-17(12-15)18(13-23-19)21(14-6-2-1-3-7-14)16-8-4-5-9-20(16)24/h1-13,21,23-24H. The van der Waals surface area contributed by atoms with E-state index in [0.29, 0.717) is 5.75 Å². The van der Waals surface area contributed by atoms with E-state index in [9.17, 15) is 5.11 Å². The fourth-order valence-corrected chi connectivity index (χ4v) is 3.62. The van der Waals surface area contributed by atoms with Crippen LogP contribution in [-0.2, 0) is 0 Å². The highest BCUT2D eigenvalue weighted by Crippen LogP contribution is 2.40. The zero-order valence-electron chi connectivity index (χ0n) is 12.9. The first-order valence-corrected chi connectivity index (χ1v) is 8.63. The fraction of sp³-hybridized carbons (Fsp3) is 0.0476. The molecule has 3 heteroatoms. The smallest absolute Gasteiger partial charge is 0.119 e. The van der Waals surface area contributed by atoms with Gasteiger partial charge in [0, 0.05) is 33.1 Å². The molecule has 4 aromatic rings. The van der Waals surface area contributed by atoms with Crippen LogP contribution < -0.4 is 0 Å². The van der Waals surface area contributed by atoms with Gasteiger partial charge in [0.05, 0.1) is 0 Å². The lowest BCUT2D eigenvalue weighted by atomic mass is 9.84. The van der Waals surface area contributed by atoms with Crippen LogP contribution in [0.5, 0.6) is 5.75 Å². The van der Waals surface area contributed by atoms with Crippen LogP contribution in [0.15, 0.2) is 83.5 Å². The zero-order chi connectivity index (χ0) is 16.5. The molecule has 0 bridgehead atoms. The second-order valence-corrected chi connectivity index (χ2v) is 6.75. The third-order valence-corrected chi connectivity index (χ3v) is 4.86. The Labute approximate surface area is 148 Å². The summed E-state index contributed by atoms with van der Waals surface area (Å²) in [6, 6.07) is 24.1. The number of aromatic hydroxyl groups is 1. The van der Waals surface area contributed by atoms with E-state index in [0.717, 1.165) is 32.1 Å². The highest BCUT2D eigenvalue weighted by atomic mass is 79.9. The first-order chi connectivity index (χ1) is 11.7. The Morgan fingerprint density at radius 1 is 0.833 bits per heavy atom. The number of fused-ring (bicyclic) bond motifs is 1. The number of hydrogen-bond acceptors (Lipinski definition) is 1. The molecule has 0 saturated carbocycles. The molecule has 0 saturated heterocycles. The van der Waals surface area contributed by atoms with E-state index in [1.807, 2.05) is 48.7 Å². The first-order valence-electron chi connectivity index (χ1n) is 7.83. The number of hydrogen-bond donors (Lipinski definition) is 2. The van der Waals surface area contributed by atoms with Crippen molar-refractivity contribution in [3.63, 3.8) is 0 Å². The van der Waals surface area contributed by atoms with Crippen LogP contribution in [0.4, 0.5) is 0 Å². The van der Waals surface area contributed by atoms with Crippen LogP contribution >= 0.6 is 15.9 Å². The lowest BCUT2D eigenvalue weighted by Gasteiger charge is -2.19. The average molecular weight is 378 g/mol. The summed E-state index contributed by atoms with van der Waals surface area (Å²) in [6.07, 6.45) is 2.04. The maximum atomic E-state index is 10.4. The molecule has 0 amide bonds. The molecular formula is C21H16BrNO. The maximum Gasteiger partial charge on any atom is 0.119 e. The molecule has 2 nitrogen and oxygen atoms in total. The van der Waals surface area contributed by atoms with E-state index >= 15 is 0 Å². The number of rotatable bonds is 3. The van der Waals surface area contributed by atoms with Crippen molar-refractivity contribution in [2.24, 2.45) is 0 Å². The molecule has 0 aliphatic rings. The minimum atomic E-state index is -0.0320. The number of phenols is 1. The summed E-state index contributed by atoms with van der Waals surface area (Å²) >= 11 is 3.56. The van der Waals surface area contributed by atoms with E-state index in [-0.39, 0.29) is 5.92 Å². The highest BCUT2D eigenvalue weighted by Gasteiger charge is 2.22. The Kier molecular flexibility index (Phi) is 3.87. The van der Waals surface area contributed by atoms with E-state index in [1.165, 1.54) is 0 Å². The molecule has 0 aliphatic heterocycles. The second-order valence-electron chi connectivity index (χ2n) is 5.84. The summed E-state index contributed by atoms with van der Waals surface area (Å²) in [6.45, 7) is 0. The number of H-pyrrole nitrogens is 1. The summed E-state index contributed by atoms with van der Waals surface area (Å²) in [7, 11) is 0. The van der Waals surface area contributed by atoms with Crippen LogP contribution in [0.25, 0.3) is 10.9 Å². The number of benzene rings is 3. The predicted molar refractivity (Wildman–Crippen MR) is 101 cm³/mol. The third kappa shape index (κ3) is 2.61. The second kappa shape index (κ2) is 6.17. The Hall–Kier alpha value is -2.52. The van der Waals surface area contributed by atoms with Crippen LogP contribution in [0.3, 0.4) is 0 Å². The van der Waals surface area contributed by atoms with Crippen LogP contribution in [0, 0.1) is 0 Å². The number of nitrogens with one attached hydrogen (secondary N) is 1. The summed E-state index contributed by atoms with van der Waals surface area (Å²) in [4.78, 5) is 3.35. The lowest BCUT2D eigenvalue weighted by molar-refractivity contribution is 0.467. The minimum absolute atomic E-state index is 0.0320. The number of phenolic OH excluding ortho intramolecular Hbond substituents is 1. The van der Waals surface area contributed by atoms with E-state index in [1.54, 1.807) is 6.07 Å². The average Bonchev–Trinajstić information content (AvgIpc) is 3.01. The highest BCUT2D eigenvalue weighted by molar-refractivity contribution is 9.10. The molecule has 0 fully saturated rings. The zero-order valence-corrected chi connectivity index (χ0v) is 14.5. The molecular weight excluding hydrogens is 362 g/mol. The van der Waals surface area contributed by atoms with Crippen molar-refractivity contribution in [3.05, 3.63) is 100 Å². The summed E-state index contributed by atoms with van der Waals surface area (Å²) < 4.78 is 1.04. The molecule has 1 atom stereocenters. The van der Waals surface area contributed by atoms with Crippen LogP contribution in [0.2, 0.25) is 0 Å². The van der Waals surface area contributed by atoms with Gasteiger partial charge in [0.2, 0.25) is 0 Å². The third-order valence-electron chi connectivity index (χ3n) is 4.37. The van der Waals surface area contributed by atoms with Gasteiger partial charge in [0.15, 0.2) is 0 Å². The molecule has 24 heavy (non-hydrogen) atoms. The summed E-state index contributed by atoms with van der Waals surface area (Å²) in [5, 5.41) is 11.6. The van der Waals surface area contributed by atoms with Gasteiger partial charge in [-0.3, -0.25) is 0 Å². The van der Waals surface area contributed by atoms with Crippen molar-refractivity contribution >= 4 is 26.8 Å². The maximum absolute atomic E-state index is 10.4. The Balaban J connectivity index is 1.99. The Morgan fingerprint density at radius 3 is 2.38 bits per heavy atom. The van der Waals surface area contributed by atoms with Crippen molar-refractivity contribution in [1.29, 1.82) is 0 Å². The SMILES string of the molecule is Oc1ccccc1C(c1ccccc1)c1c[nH]c2ccc(Br)cc12. The van der Waals surface area contributed by atoms with Gasteiger partial charge in [0.1, 0.15) is 5.75 Å². The topological polar surface area (TPSA) is 36.0 Å². The largest absolute Gasteiger partial charge is 0.508 e. The molecule has 3 aromatic carbocycles. The van der Waals surface area contributed by atoms with Gasteiger partial charge < -0.3 is 10.1 Å². The number of para-hydroxylation sites is 1. The van der Waals surface area contributed by atoms with Gasteiger partial charge >= 0.3 is 0 Å². The molecule has 1 heterocycles. The fourth-order valence-electron chi connectivity index (χ4n) is 3.26.